The van der Waals surface area contributed by atoms with Crippen LogP contribution in [0, 0.1) is 11.8 Å². The molecule has 1 atom stereocenters. The summed E-state index contributed by atoms with van der Waals surface area (Å²) in [6, 6.07) is 12.3. The number of nitrogens with one attached hydrogen (secondary N) is 1. The normalized spacial score (nSPS) is 24.2. The van der Waals surface area contributed by atoms with Crippen molar-refractivity contribution in [2.24, 2.45) is 11.8 Å². The van der Waals surface area contributed by atoms with Gasteiger partial charge < -0.3 is 5.32 Å². The van der Waals surface area contributed by atoms with Crippen molar-refractivity contribution in [3.63, 3.8) is 0 Å². The van der Waals surface area contributed by atoms with Crippen molar-refractivity contribution in [1.29, 1.82) is 0 Å². The average molecular weight is 287 g/mol. The molecule has 1 fully saturated rings. The number of benzene rings is 1. The molecule has 0 radical (unpaired) electrons. The molecule has 2 rings (SSSR count). The summed E-state index contributed by atoms with van der Waals surface area (Å²) in [6.45, 7) is 6.98. The van der Waals surface area contributed by atoms with Crippen LogP contribution in [0.1, 0.15) is 77.3 Å². The highest BCUT2D eigenvalue weighted by molar-refractivity contribution is 5.19. The highest BCUT2D eigenvalue weighted by Crippen LogP contribution is 2.30. The quantitative estimate of drug-likeness (QED) is 0.676. The van der Waals surface area contributed by atoms with Crippen LogP contribution in [0.5, 0.6) is 0 Å². The minimum Gasteiger partial charge on any atom is -0.307 e. The van der Waals surface area contributed by atoms with Crippen LogP contribution >= 0.6 is 0 Å². The molecule has 1 N–H and O–H groups in total. The maximum atomic E-state index is 3.97. The topological polar surface area (TPSA) is 12.0 Å². The van der Waals surface area contributed by atoms with Crippen molar-refractivity contribution in [3.05, 3.63) is 35.9 Å². The molecule has 118 valence electrons. The zero-order valence-corrected chi connectivity index (χ0v) is 14.1. The van der Waals surface area contributed by atoms with E-state index in [0.29, 0.717) is 6.04 Å². The zero-order chi connectivity index (χ0) is 15.1. The smallest absolute Gasteiger partial charge is 0.0325 e. The van der Waals surface area contributed by atoms with Crippen LogP contribution in [-0.4, -0.2) is 6.04 Å². The van der Waals surface area contributed by atoms with Gasteiger partial charge in [0.2, 0.25) is 0 Å². The monoisotopic (exact) mass is 287 g/mol. The van der Waals surface area contributed by atoms with Gasteiger partial charge in [-0.05, 0) is 49.5 Å². The Morgan fingerprint density at radius 2 is 1.71 bits per heavy atom. The van der Waals surface area contributed by atoms with Crippen molar-refractivity contribution in [2.75, 3.05) is 0 Å². The van der Waals surface area contributed by atoms with Gasteiger partial charge in [-0.25, -0.2) is 0 Å². The third kappa shape index (κ3) is 5.47. The van der Waals surface area contributed by atoms with E-state index in [1.54, 1.807) is 0 Å². The molecule has 0 aliphatic heterocycles. The SMILES string of the molecule is CCCC1CCC(NC(CC(C)C)c2ccccc2)CC1. The molecule has 1 aliphatic rings. The molecule has 1 aliphatic carbocycles. The summed E-state index contributed by atoms with van der Waals surface area (Å²) in [6.07, 6.45) is 9.60. The standard InChI is InChI=1S/C20H33N/c1-4-8-17-11-13-19(14-12-17)21-20(15-16(2)3)18-9-6-5-7-10-18/h5-7,9-10,16-17,19-21H,4,8,11-15H2,1-3H3. The molecule has 0 saturated heterocycles. The summed E-state index contributed by atoms with van der Waals surface area (Å²) in [5, 5.41) is 3.97. The highest BCUT2D eigenvalue weighted by atomic mass is 15.0. The fraction of sp³-hybridized carbons (Fsp3) is 0.700. The molecular formula is C20H33N. The lowest BCUT2D eigenvalue weighted by Crippen LogP contribution is -2.36. The van der Waals surface area contributed by atoms with E-state index in [-0.39, 0.29) is 0 Å². The molecule has 1 aromatic rings. The molecule has 0 aromatic heterocycles. The molecule has 0 bridgehead atoms. The van der Waals surface area contributed by atoms with Crippen LogP contribution in [-0.2, 0) is 0 Å². The Balaban J connectivity index is 1.91. The second-order valence-electron chi connectivity index (χ2n) is 7.27. The number of hydrogen-bond donors (Lipinski definition) is 1. The minimum absolute atomic E-state index is 0.527. The van der Waals surface area contributed by atoms with Crippen molar-refractivity contribution >= 4 is 0 Å². The summed E-state index contributed by atoms with van der Waals surface area (Å²) in [5.74, 6) is 1.73. The molecule has 21 heavy (non-hydrogen) atoms. The molecule has 0 heterocycles. The number of hydrogen-bond acceptors (Lipinski definition) is 1. The first-order chi connectivity index (χ1) is 10.2. The van der Waals surface area contributed by atoms with E-state index in [1.807, 2.05) is 0 Å². The number of rotatable bonds is 7. The van der Waals surface area contributed by atoms with Crippen molar-refractivity contribution in [3.8, 4) is 0 Å². The lowest BCUT2D eigenvalue weighted by atomic mass is 9.83. The molecule has 0 spiro atoms. The van der Waals surface area contributed by atoms with Gasteiger partial charge in [0.15, 0.2) is 0 Å². The predicted octanol–water partition coefficient (Wildman–Crippen LogP) is 5.72. The summed E-state index contributed by atoms with van der Waals surface area (Å²) in [7, 11) is 0. The second kappa shape index (κ2) is 8.58. The van der Waals surface area contributed by atoms with Crippen LogP contribution in [0.2, 0.25) is 0 Å². The summed E-state index contributed by atoms with van der Waals surface area (Å²) < 4.78 is 0. The first kappa shape index (κ1) is 16.5. The van der Waals surface area contributed by atoms with Gasteiger partial charge in [0.25, 0.3) is 0 Å². The predicted molar refractivity (Wildman–Crippen MR) is 92.4 cm³/mol. The Hall–Kier alpha value is -0.820. The van der Waals surface area contributed by atoms with Gasteiger partial charge in [-0.3, -0.25) is 0 Å². The van der Waals surface area contributed by atoms with Gasteiger partial charge in [-0.2, -0.15) is 0 Å². The third-order valence-electron chi connectivity index (χ3n) is 4.89. The minimum atomic E-state index is 0.527. The Morgan fingerprint density at radius 1 is 1.05 bits per heavy atom. The van der Waals surface area contributed by atoms with E-state index in [9.17, 15) is 0 Å². The Labute approximate surface area is 131 Å². The van der Waals surface area contributed by atoms with Gasteiger partial charge in [-0.1, -0.05) is 63.9 Å². The third-order valence-corrected chi connectivity index (χ3v) is 4.89. The molecule has 1 heteroatoms. The maximum Gasteiger partial charge on any atom is 0.0325 e. The van der Waals surface area contributed by atoms with E-state index >= 15 is 0 Å². The van der Waals surface area contributed by atoms with Crippen molar-refractivity contribution in [1.82, 2.24) is 5.32 Å². The highest BCUT2D eigenvalue weighted by Gasteiger charge is 2.23. The van der Waals surface area contributed by atoms with Crippen LogP contribution < -0.4 is 5.32 Å². The Morgan fingerprint density at radius 3 is 2.29 bits per heavy atom. The van der Waals surface area contributed by atoms with E-state index in [0.717, 1.165) is 17.9 Å². The summed E-state index contributed by atoms with van der Waals surface area (Å²) >= 11 is 0. The van der Waals surface area contributed by atoms with Gasteiger partial charge in [0.05, 0.1) is 0 Å². The van der Waals surface area contributed by atoms with Gasteiger partial charge in [0, 0.05) is 12.1 Å². The maximum absolute atomic E-state index is 3.97. The molecule has 1 aromatic carbocycles. The second-order valence-corrected chi connectivity index (χ2v) is 7.27. The molecule has 1 nitrogen and oxygen atoms in total. The van der Waals surface area contributed by atoms with Crippen molar-refractivity contribution in [2.45, 2.75) is 77.8 Å². The van der Waals surface area contributed by atoms with Gasteiger partial charge >= 0.3 is 0 Å². The van der Waals surface area contributed by atoms with Gasteiger partial charge in [-0.15, -0.1) is 0 Å². The summed E-state index contributed by atoms with van der Waals surface area (Å²) in [4.78, 5) is 0. The van der Waals surface area contributed by atoms with Crippen LogP contribution in [0.25, 0.3) is 0 Å². The van der Waals surface area contributed by atoms with Crippen molar-refractivity contribution < 1.29 is 0 Å². The Bertz CT molecular complexity index is 376. The van der Waals surface area contributed by atoms with Crippen LogP contribution in [0.3, 0.4) is 0 Å². The lowest BCUT2D eigenvalue weighted by Gasteiger charge is -2.33. The lowest BCUT2D eigenvalue weighted by molar-refractivity contribution is 0.254. The van der Waals surface area contributed by atoms with Crippen LogP contribution in [0.15, 0.2) is 30.3 Å². The molecule has 1 unspecified atom stereocenters. The zero-order valence-electron chi connectivity index (χ0n) is 14.1. The van der Waals surface area contributed by atoms with E-state index in [2.05, 4.69) is 56.4 Å². The largest absolute Gasteiger partial charge is 0.307 e. The average Bonchev–Trinajstić information content (AvgIpc) is 2.49. The molecule has 1 saturated carbocycles. The molecular weight excluding hydrogens is 254 g/mol. The first-order valence-corrected chi connectivity index (χ1v) is 9.00. The van der Waals surface area contributed by atoms with Gasteiger partial charge in [0.1, 0.15) is 0 Å². The van der Waals surface area contributed by atoms with E-state index in [1.165, 1.54) is 50.5 Å². The fourth-order valence-corrected chi connectivity index (χ4v) is 3.77. The molecule has 0 amide bonds. The first-order valence-electron chi connectivity index (χ1n) is 9.00. The van der Waals surface area contributed by atoms with E-state index in [4.69, 9.17) is 0 Å². The van der Waals surface area contributed by atoms with Crippen LogP contribution in [0.4, 0.5) is 0 Å². The summed E-state index contributed by atoms with van der Waals surface area (Å²) in [5.41, 5.74) is 1.46. The fourth-order valence-electron chi connectivity index (χ4n) is 3.77. The Kier molecular flexibility index (Phi) is 6.76. The van der Waals surface area contributed by atoms with E-state index < -0.39 is 0 Å².